The Morgan fingerprint density at radius 1 is 1.29 bits per heavy atom. The van der Waals surface area contributed by atoms with Crippen LogP contribution in [-0.4, -0.2) is 26.8 Å². The van der Waals surface area contributed by atoms with Crippen molar-refractivity contribution in [2.45, 2.75) is 35.8 Å². The molecule has 2 rings (SSSR count). The summed E-state index contributed by atoms with van der Waals surface area (Å²) in [7, 11) is -3.25. The lowest BCUT2D eigenvalue weighted by Gasteiger charge is -2.11. The molecule has 0 amide bonds. The quantitative estimate of drug-likeness (QED) is 0.876. The molecule has 4 nitrogen and oxygen atoms in total. The fourth-order valence-corrected chi connectivity index (χ4v) is 4.31. The van der Waals surface area contributed by atoms with Crippen LogP contribution in [0, 0.1) is 0 Å². The van der Waals surface area contributed by atoms with Gasteiger partial charge in [0.15, 0.2) is 9.84 Å². The molecule has 0 aromatic heterocycles. The van der Waals surface area contributed by atoms with Crippen LogP contribution < -0.4 is 10.5 Å². The normalized spacial score (nSPS) is 17.1. The van der Waals surface area contributed by atoms with Crippen molar-refractivity contribution in [3.8, 4) is 5.75 Å². The van der Waals surface area contributed by atoms with E-state index in [4.69, 9.17) is 10.5 Å². The van der Waals surface area contributed by atoms with Crippen molar-refractivity contribution in [2.75, 3.05) is 13.2 Å². The third-order valence-corrected chi connectivity index (χ3v) is 5.89. The van der Waals surface area contributed by atoms with Gasteiger partial charge in [-0.2, -0.15) is 0 Å². The molecule has 1 aliphatic carbocycles. The van der Waals surface area contributed by atoms with Gasteiger partial charge in [-0.25, -0.2) is 12.8 Å². The molecule has 1 aliphatic rings. The number of rotatable bonds is 6. The Bertz CT molecular complexity index is 590. The predicted octanol–water partition coefficient (Wildman–Crippen LogP) is 2.59. The summed E-state index contributed by atoms with van der Waals surface area (Å²) < 4.78 is 43.1. The molecule has 0 atom stereocenters. The molecule has 1 saturated carbocycles. The van der Waals surface area contributed by atoms with Gasteiger partial charge >= 0.3 is 0 Å². The molecule has 1 aromatic rings. The molecule has 0 unspecified atom stereocenters. The van der Waals surface area contributed by atoms with Crippen LogP contribution in [0.15, 0.2) is 41.1 Å². The molecule has 0 heterocycles. The van der Waals surface area contributed by atoms with Crippen LogP contribution >= 0.6 is 0 Å². The monoisotopic (exact) mass is 313 g/mol. The number of halogens is 1. The summed E-state index contributed by atoms with van der Waals surface area (Å²) in [4.78, 5) is 0.305. The van der Waals surface area contributed by atoms with Gasteiger partial charge in [-0.15, -0.1) is 0 Å². The Balaban J connectivity index is 2.03. The Hall–Kier alpha value is -1.40. The molecule has 0 saturated heterocycles. The van der Waals surface area contributed by atoms with Gasteiger partial charge in [0.25, 0.3) is 0 Å². The third kappa shape index (κ3) is 4.04. The van der Waals surface area contributed by atoms with Crippen molar-refractivity contribution in [3.05, 3.63) is 36.2 Å². The first-order valence-corrected chi connectivity index (χ1v) is 8.60. The fraction of sp³-hybridized carbons (Fsp3) is 0.467. The zero-order valence-electron chi connectivity index (χ0n) is 11.8. The molecule has 0 aliphatic heterocycles. The van der Waals surface area contributed by atoms with Gasteiger partial charge in [0.05, 0.1) is 10.1 Å². The van der Waals surface area contributed by atoms with Crippen LogP contribution in [0.3, 0.4) is 0 Å². The second-order valence-electron chi connectivity index (χ2n) is 5.10. The molecular weight excluding hydrogens is 293 g/mol. The smallest absolute Gasteiger partial charge is 0.181 e. The van der Waals surface area contributed by atoms with Crippen molar-refractivity contribution in [3.63, 3.8) is 0 Å². The predicted molar refractivity (Wildman–Crippen MR) is 79.6 cm³/mol. The Morgan fingerprint density at radius 2 is 1.90 bits per heavy atom. The number of ether oxygens (including phenoxy) is 1. The number of benzene rings is 1. The highest BCUT2D eigenvalue weighted by molar-refractivity contribution is 7.92. The van der Waals surface area contributed by atoms with Crippen molar-refractivity contribution in [1.29, 1.82) is 0 Å². The highest BCUT2D eigenvalue weighted by Gasteiger charge is 2.30. The highest BCUT2D eigenvalue weighted by atomic mass is 32.2. The van der Waals surface area contributed by atoms with E-state index in [1.54, 1.807) is 12.1 Å². The van der Waals surface area contributed by atoms with Crippen LogP contribution in [0.2, 0.25) is 0 Å². The minimum Gasteiger partial charge on any atom is -0.487 e. The third-order valence-electron chi connectivity index (χ3n) is 3.61. The van der Waals surface area contributed by atoms with Gasteiger partial charge in [0.2, 0.25) is 0 Å². The number of hydrogen-bond acceptors (Lipinski definition) is 4. The van der Waals surface area contributed by atoms with E-state index < -0.39 is 15.7 Å². The van der Waals surface area contributed by atoms with E-state index in [0.29, 0.717) is 10.6 Å². The lowest BCUT2D eigenvalue weighted by Crippen LogP contribution is -2.17. The zero-order chi connectivity index (χ0) is 15.3. The molecule has 0 spiro atoms. The average molecular weight is 313 g/mol. The molecule has 1 aromatic carbocycles. The van der Waals surface area contributed by atoms with Gasteiger partial charge in [-0.3, -0.25) is 0 Å². The number of nitrogens with two attached hydrogens (primary N) is 1. The Kier molecular flexibility index (Phi) is 5.36. The summed E-state index contributed by atoms with van der Waals surface area (Å²) in [6, 6.07) is 6.15. The lowest BCUT2D eigenvalue weighted by molar-refractivity contribution is 0.318. The summed E-state index contributed by atoms with van der Waals surface area (Å²) in [5.41, 5.74) is 5.19. The summed E-state index contributed by atoms with van der Waals surface area (Å²) >= 11 is 0. The Labute approximate surface area is 124 Å². The largest absolute Gasteiger partial charge is 0.487 e. The van der Waals surface area contributed by atoms with Crippen LogP contribution in [0.4, 0.5) is 4.39 Å². The fourth-order valence-electron chi connectivity index (χ4n) is 2.46. The van der Waals surface area contributed by atoms with Gasteiger partial charge < -0.3 is 10.5 Å². The zero-order valence-corrected chi connectivity index (χ0v) is 12.6. The minimum absolute atomic E-state index is 0.119. The Morgan fingerprint density at radius 3 is 2.48 bits per heavy atom. The molecule has 6 heteroatoms. The van der Waals surface area contributed by atoms with Crippen LogP contribution in [-0.2, 0) is 9.84 Å². The topological polar surface area (TPSA) is 69.4 Å². The SMILES string of the molecule is NCC=C(F)COc1ccc(S(=O)(=O)C2CCCC2)cc1. The van der Waals surface area contributed by atoms with Gasteiger partial charge in [0.1, 0.15) is 18.2 Å². The van der Waals surface area contributed by atoms with E-state index in [1.807, 2.05) is 0 Å². The molecule has 2 N–H and O–H groups in total. The lowest BCUT2D eigenvalue weighted by atomic mass is 10.3. The van der Waals surface area contributed by atoms with Crippen molar-refractivity contribution in [1.82, 2.24) is 0 Å². The van der Waals surface area contributed by atoms with E-state index in [1.165, 1.54) is 18.2 Å². The van der Waals surface area contributed by atoms with Crippen LogP contribution in [0.25, 0.3) is 0 Å². The molecule has 116 valence electrons. The summed E-state index contributed by atoms with van der Waals surface area (Å²) in [6.07, 6.45) is 4.64. The van der Waals surface area contributed by atoms with Gasteiger partial charge in [-0.05, 0) is 43.2 Å². The second-order valence-corrected chi connectivity index (χ2v) is 7.33. The standard InChI is InChI=1S/C15H20FNO3S/c16-12(9-10-17)11-20-13-5-7-15(8-6-13)21(18,19)14-3-1-2-4-14/h5-9,14H,1-4,10-11,17H2. The van der Waals surface area contributed by atoms with Gasteiger partial charge in [-0.1, -0.05) is 12.8 Å². The first kappa shape index (κ1) is 16.0. The minimum atomic E-state index is -3.25. The molecule has 0 bridgehead atoms. The van der Waals surface area contributed by atoms with E-state index in [0.717, 1.165) is 25.7 Å². The maximum atomic E-state index is 13.1. The maximum absolute atomic E-state index is 13.1. The molecule has 21 heavy (non-hydrogen) atoms. The second kappa shape index (κ2) is 7.04. The number of sulfone groups is 1. The van der Waals surface area contributed by atoms with Crippen molar-refractivity contribution in [2.24, 2.45) is 5.73 Å². The maximum Gasteiger partial charge on any atom is 0.181 e. The van der Waals surface area contributed by atoms with E-state index in [-0.39, 0.29) is 18.4 Å². The summed E-state index contributed by atoms with van der Waals surface area (Å²) in [5.74, 6) is -0.0129. The highest BCUT2D eigenvalue weighted by Crippen LogP contribution is 2.30. The van der Waals surface area contributed by atoms with E-state index in [9.17, 15) is 12.8 Å². The van der Waals surface area contributed by atoms with E-state index in [2.05, 4.69) is 0 Å². The molecule has 0 radical (unpaired) electrons. The first-order valence-electron chi connectivity index (χ1n) is 7.05. The van der Waals surface area contributed by atoms with Gasteiger partial charge in [0, 0.05) is 6.54 Å². The van der Waals surface area contributed by atoms with Crippen LogP contribution in [0.1, 0.15) is 25.7 Å². The summed E-state index contributed by atoms with van der Waals surface area (Å²) in [6.45, 7) is -0.0836. The van der Waals surface area contributed by atoms with Crippen LogP contribution in [0.5, 0.6) is 5.75 Å². The van der Waals surface area contributed by atoms with Crippen molar-refractivity contribution >= 4 is 9.84 Å². The number of hydrogen-bond donors (Lipinski definition) is 1. The molecular formula is C15H20FNO3S. The molecule has 1 fully saturated rings. The van der Waals surface area contributed by atoms with Crippen molar-refractivity contribution < 1.29 is 17.5 Å². The average Bonchev–Trinajstić information content (AvgIpc) is 3.01. The van der Waals surface area contributed by atoms with E-state index >= 15 is 0 Å². The summed E-state index contributed by atoms with van der Waals surface area (Å²) in [5, 5.41) is -0.269. The first-order chi connectivity index (χ1) is 10.0.